The number of hydrogen-bond acceptors (Lipinski definition) is 4. The monoisotopic (exact) mass is 321 g/mol. The Hall–Kier alpha value is -1.15. The Morgan fingerprint density at radius 1 is 1.19 bits per heavy atom. The Balaban J connectivity index is 2.35. The van der Waals surface area contributed by atoms with Gasteiger partial charge in [-0.2, -0.15) is 8.42 Å². The molecule has 3 N–H and O–H groups in total. The molecule has 0 bridgehead atoms. The Morgan fingerprint density at radius 2 is 1.81 bits per heavy atom. The number of aliphatic carboxylic acids is 1. The summed E-state index contributed by atoms with van der Waals surface area (Å²) in [5.74, 6) is -1.43. The molecule has 0 heterocycles. The largest absolute Gasteiger partial charge is 0.481 e. The quantitative estimate of drug-likeness (QED) is 0.431. The summed E-state index contributed by atoms with van der Waals surface area (Å²) >= 11 is 0. The van der Waals surface area contributed by atoms with Crippen LogP contribution in [0.15, 0.2) is 0 Å². The van der Waals surface area contributed by atoms with Gasteiger partial charge in [-0.3, -0.25) is 14.1 Å². The molecular formula is C13H23NO6S. The predicted octanol–water partition coefficient (Wildman–Crippen LogP) is 1.05. The van der Waals surface area contributed by atoms with Crippen LogP contribution < -0.4 is 5.32 Å². The minimum Gasteiger partial charge on any atom is -0.481 e. The average Bonchev–Trinajstić information content (AvgIpc) is 2.86. The predicted molar refractivity (Wildman–Crippen MR) is 76.4 cm³/mol. The van der Waals surface area contributed by atoms with Gasteiger partial charge in [-0.05, 0) is 18.3 Å². The molecule has 1 aliphatic rings. The first-order valence-electron chi connectivity index (χ1n) is 7.21. The van der Waals surface area contributed by atoms with Crippen LogP contribution in [0, 0.1) is 11.8 Å². The van der Waals surface area contributed by atoms with E-state index in [4.69, 9.17) is 9.66 Å². The summed E-state index contributed by atoms with van der Waals surface area (Å²) in [7, 11) is -4.00. The molecular weight excluding hydrogens is 298 g/mol. The van der Waals surface area contributed by atoms with E-state index in [0.29, 0.717) is 0 Å². The standard InChI is InChI=1S/C13H23NO6S/c15-12(14-6-3-7-21(18,19)20)8-11(9-13(16)17)10-4-1-2-5-10/h10-11H,1-9H2,(H,14,15)(H,16,17)(H,18,19,20). The van der Waals surface area contributed by atoms with Gasteiger partial charge in [0.1, 0.15) is 0 Å². The first-order chi connectivity index (χ1) is 9.78. The van der Waals surface area contributed by atoms with Crippen LogP contribution in [0.25, 0.3) is 0 Å². The maximum absolute atomic E-state index is 11.8. The number of carbonyl (C=O) groups is 2. The lowest BCUT2D eigenvalue weighted by Crippen LogP contribution is -2.30. The topological polar surface area (TPSA) is 121 Å². The maximum Gasteiger partial charge on any atom is 0.303 e. The van der Waals surface area contributed by atoms with Crippen molar-refractivity contribution in [1.29, 1.82) is 0 Å². The lowest BCUT2D eigenvalue weighted by Gasteiger charge is -2.21. The zero-order chi connectivity index (χ0) is 15.9. The summed E-state index contributed by atoms with van der Waals surface area (Å²) < 4.78 is 29.6. The highest BCUT2D eigenvalue weighted by Gasteiger charge is 2.28. The van der Waals surface area contributed by atoms with E-state index in [1.54, 1.807) is 0 Å². The number of carbonyl (C=O) groups excluding carboxylic acids is 1. The fourth-order valence-corrected chi connectivity index (χ4v) is 3.36. The van der Waals surface area contributed by atoms with Gasteiger partial charge in [0.25, 0.3) is 10.1 Å². The second kappa shape index (κ2) is 8.33. The van der Waals surface area contributed by atoms with Gasteiger partial charge in [0.05, 0.1) is 5.75 Å². The molecule has 0 aromatic rings. The number of nitrogens with one attached hydrogen (secondary N) is 1. The minimum absolute atomic E-state index is 0.0108. The second-order valence-corrected chi connectivity index (χ2v) is 7.17. The molecule has 1 saturated carbocycles. The van der Waals surface area contributed by atoms with E-state index in [2.05, 4.69) is 5.32 Å². The summed E-state index contributed by atoms with van der Waals surface area (Å²) in [6.45, 7) is 0.156. The van der Waals surface area contributed by atoms with Gasteiger partial charge in [0.15, 0.2) is 0 Å². The van der Waals surface area contributed by atoms with Crippen LogP contribution in [0.4, 0.5) is 0 Å². The smallest absolute Gasteiger partial charge is 0.303 e. The van der Waals surface area contributed by atoms with E-state index >= 15 is 0 Å². The number of carboxylic acids is 1. The average molecular weight is 321 g/mol. The third-order valence-electron chi connectivity index (χ3n) is 3.85. The maximum atomic E-state index is 11.8. The fourth-order valence-electron chi connectivity index (χ4n) is 2.85. The normalized spacial score (nSPS) is 17.6. The SMILES string of the molecule is O=C(O)CC(CC(=O)NCCCS(=O)(=O)O)C1CCCC1. The van der Waals surface area contributed by atoms with Crippen LogP contribution in [0.5, 0.6) is 0 Å². The van der Waals surface area contributed by atoms with Crippen molar-refractivity contribution in [2.45, 2.75) is 44.9 Å². The number of rotatable bonds is 9. The number of amides is 1. The summed E-state index contributed by atoms with van der Waals surface area (Å²) in [4.78, 5) is 22.7. The Kier molecular flexibility index (Phi) is 7.10. The molecule has 1 amide bonds. The highest BCUT2D eigenvalue weighted by molar-refractivity contribution is 7.85. The van der Waals surface area contributed by atoms with Crippen molar-refractivity contribution in [2.75, 3.05) is 12.3 Å². The van der Waals surface area contributed by atoms with E-state index in [0.717, 1.165) is 25.7 Å². The third kappa shape index (κ3) is 8.01. The van der Waals surface area contributed by atoms with Crippen molar-refractivity contribution in [2.24, 2.45) is 11.8 Å². The summed E-state index contributed by atoms with van der Waals surface area (Å²) in [5.41, 5.74) is 0. The molecule has 8 heteroatoms. The van der Waals surface area contributed by atoms with E-state index in [-0.39, 0.29) is 43.6 Å². The molecule has 0 radical (unpaired) electrons. The number of hydrogen-bond donors (Lipinski definition) is 3. The molecule has 1 aliphatic carbocycles. The Bertz CT molecular complexity index is 455. The van der Waals surface area contributed by atoms with Crippen LogP contribution in [0.1, 0.15) is 44.9 Å². The third-order valence-corrected chi connectivity index (χ3v) is 4.66. The van der Waals surface area contributed by atoms with Crippen LogP contribution in [-0.2, 0) is 19.7 Å². The summed E-state index contributed by atoms with van der Waals surface area (Å²) in [6, 6.07) is 0. The molecule has 1 fully saturated rings. The Morgan fingerprint density at radius 3 is 2.33 bits per heavy atom. The van der Waals surface area contributed by atoms with Gasteiger partial charge in [0, 0.05) is 19.4 Å². The molecule has 1 unspecified atom stereocenters. The number of carboxylic acid groups (broad SMARTS) is 1. The lowest BCUT2D eigenvalue weighted by molar-refractivity contribution is -0.138. The van der Waals surface area contributed by atoms with Crippen LogP contribution >= 0.6 is 0 Å². The van der Waals surface area contributed by atoms with E-state index < -0.39 is 21.8 Å². The van der Waals surface area contributed by atoms with Gasteiger partial charge in [-0.15, -0.1) is 0 Å². The van der Waals surface area contributed by atoms with Gasteiger partial charge < -0.3 is 10.4 Å². The highest BCUT2D eigenvalue weighted by Crippen LogP contribution is 2.34. The molecule has 1 atom stereocenters. The van der Waals surface area contributed by atoms with Crippen molar-refractivity contribution < 1.29 is 27.7 Å². The molecule has 122 valence electrons. The molecule has 0 aromatic heterocycles. The minimum atomic E-state index is -4.00. The lowest BCUT2D eigenvalue weighted by atomic mass is 9.85. The summed E-state index contributed by atoms with van der Waals surface area (Å²) in [5, 5.41) is 11.5. The van der Waals surface area contributed by atoms with Gasteiger partial charge >= 0.3 is 5.97 Å². The van der Waals surface area contributed by atoms with Gasteiger partial charge in [0.2, 0.25) is 5.91 Å². The molecule has 7 nitrogen and oxygen atoms in total. The van der Waals surface area contributed by atoms with E-state index in [1.165, 1.54) is 0 Å². The van der Waals surface area contributed by atoms with E-state index in [1.807, 2.05) is 0 Å². The molecule has 1 rings (SSSR count). The molecule has 0 saturated heterocycles. The van der Waals surface area contributed by atoms with Crippen LogP contribution in [-0.4, -0.2) is 42.3 Å². The van der Waals surface area contributed by atoms with Gasteiger partial charge in [-0.1, -0.05) is 25.7 Å². The molecule has 0 aliphatic heterocycles. The van der Waals surface area contributed by atoms with Crippen molar-refractivity contribution in [1.82, 2.24) is 5.32 Å². The zero-order valence-corrected chi connectivity index (χ0v) is 12.8. The van der Waals surface area contributed by atoms with Crippen molar-refractivity contribution >= 4 is 22.0 Å². The molecule has 0 aromatic carbocycles. The fraction of sp³-hybridized carbons (Fsp3) is 0.846. The van der Waals surface area contributed by atoms with E-state index in [9.17, 15) is 18.0 Å². The Labute approximate surface area is 124 Å². The van der Waals surface area contributed by atoms with Crippen LogP contribution in [0.3, 0.4) is 0 Å². The highest BCUT2D eigenvalue weighted by atomic mass is 32.2. The zero-order valence-electron chi connectivity index (χ0n) is 12.0. The first kappa shape index (κ1) is 17.9. The van der Waals surface area contributed by atoms with Crippen molar-refractivity contribution in [3.63, 3.8) is 0 Å². The molecule has 0 spiro atoms. The summed E-state index contributed by atoms with van der Waals surface area (Å²) in [6.07, 6.45) is 4.37. The first-order valence-corrected chi connectivity index (χ1v) is 8.82. The van der Waals surface area contributed by atoms with Crippen LogP contribution in [0.2, 0.25) is 0 Å². The second-order valence-electron chi connectivity index (χ2n) is 5.60. The van der Waals surface area contributed by atoms with Crippen molar-refractivity contribution in [3.05, 3.63) is 0 Å². The van der Waals surface area contributed by atoms with Crippen molar-refractivity contribution in [3.8, 4) is 0 Å². The molecule has 21 heavy (non-hydrogen) atoms. The van der Waals surface area contributed by atoms with Gasteiger partial charge in [-0.25, -0.2) is 0 Å².